The molecule has 1 aliphatic rings. The molecule has 0 bridgehead atoms. The Bertz CT molecular complexity index is 504. The maximum Gasteiger partial charge on any atom is 0.241 e. The number of aryl methyl sites for hydroxylation is 2. The molecule has 0 aromatic heterocycles. The van der Waals surface area contributed by atoms with Crippen LogP contribution in [0.1, 0.15) is 42.6 Å². The monoisotopic (exact) mass is 306 g/mol. The Morgan fingerprint density at radius 3 is 2.76 bits per heavy atom. The number of nitrogens with one attached hydrogen (secondary N) is 1. The zero-order valence-electron chi connectivity index (χ0n) is 13.5. The summed E-state index contributed by atoms with van der Waals surface area (Å²) in [5.41, 5.74) is 3.72. The van der Waals surface area contributed by atoms with Crippen LogP contribution in [0.15, 0.2) is 18.2 Å². The quantitative estimate of drug-likeness (QED) is 0.819. The van der Waals surface area contributed by atoms with Crippen LogP contribution in [0.4, 0.5) is 0 Å². The molecule has 0 radical (unpaired) electrons. The van der Waals surface area contributed by atoms with Gasteiger partial charge in [0.05, 0.1) is 6.04 Å². The maximum atomic E-state index is 12.4. The molecule has 1 aliphatic heterocycles. The number of unbranched alkanes of at least 4 members (excludes halogenated alkanes) is 1. The highest BCUT2D eigenvalue weighted by atomic mass is 32.2. The molecule has 2 rings (SSSR count). The van der Waals surface area contributed by atoms with E-state index in [1.54, 1.807) is 0 Å². The average molecular weight is 306 g/mol. The van der Waals surface area contributed by atoms with E-state index in [9.17, 15) is 4.79 Å². The second-order valence-electron chi connectivity index (χ2n) is 5.88. The molecule has 1 fully saturated rings. The lowest BCUT2D eigenvalue weighted by Gasteiger charge is -2.26. The van der Waals surface area contributed by atoms with E-state index in [1.807, 2.05) is 23.6 Å². The SMILES string of the molecule is CSCCCCN1C(=O)C(C)NC1c1cc(C)ccc1C. The Labute approximate surface area is 132 Å². The van der Waals surface area contributed by atoms with E-state index in [1.165, 1.54) is 28.9 Å². The standard InChI is InChI=1S/C17H26N2OS/c1-12-7-8-13(2)15(11-12)16-18-14(3)17(20)19(16)9-5-6-10-21-4/h7-8,11,14,16,18H,5-6,9-10H2,1-4H3. The average Bonchev–Trinajstić information content (AvgIpc) is 2.74. The number of carbonyl (C=O) groups excluding carboxylic acids is 1. The van der Waals surface area contributed by atoms with Gasteiger partial charge in [0.2, 0.25) is 5.91 Å². The normalized spacial score (nSPS) is 22.1. The molecule has 116 valence electrons. The van der Waals surface area contributed by atoms with Gasteiger partial charge in [-0.15, -0.1) is 0 Å². The van der Waals surface area contributed by atoms with Crippen molar-refractivity contribution in [3.8, 4) is 0 Å². The minimum atomic E-state index is -0.0875. The van der Waals surface area contributed by atoms with Gasteiger partial charge in [-0.3, -0.25) is 10.1 Å². The van der Waals surface area contributed by atoms with Crippen molar-refractivity contribution >= 4 is 17.7 Å². The van der Waals surface area contributed by atoms with Gasteiger partial charge in [0.1, 0.15) is 6.17 Å². The number of hydrogen-bond donors (Lipinski definition) is 1. The summed E-state index contributed by atoms with van der Waals surface area (Å²) in [6.45, 7) is 7.03. The lowest BCUT2D eigenvalue weighted by molar-refractivity contribution is -0.129. The fourth-order valence-corrected chi connectivity index (χ4v) is 3.35. The third kappa shape index (κ3) is 3.80. The van der Waals surface area contributed by atoms with Crippen LogP contribution in [-0.2, 0) is 4.79 Å². The molecular weight excluding hydrogens is 280 g/mol. The van der Waals surface area contributed by atoms with Crippen LogP contribution in [0.5, 0.6) is 0 Å². The Morgan fingerprint density at radius 1 is 1.29 bits per heavy atom. The Hall–Kier alpha value is -1.00. The van der Waals surface area contributed by atoms with Crippen molar-refractivity contribution in [1.82, 2.24) is 10.2 Å². The van der Waals surface area contributed by atoms with E-state index in [-0.39, 0.29) is 18.1 Å². The van der Waals surface area contributed by atoms with Crippen LogP contribution in [-0.4, -0.2) is 35.4 Å². The molecule has 3 nitrogen and oxygen atoms in total. The second-order valence-corrected chi connectivity index (χ2v) is 6.87. The van der Waals surface area contributed by atoms with Gasteiger partial charge in [0.25, 0.3) is 0 Å². The van der Waals surface area contributed by atoms with Gasteiger partial charge in [-0.05, 0) is 56.7 Å². The molecule has 1 aromatic rings. The van der Waals surface area contributed by atoms with Gasteiger partial charge in [0.15, 0.2) is 0 Å². The highest BCUT2D eigenvalue weighted by Crippen LogP contribution is 2.28. The molecule has 0 spiro atoms. The fraction of sp³-hybridized carbons (Fsp3) is 0.588. The van der Waals surface area contributed by atoms with Gasteiger partial charge < -0.3 is 4.90 Å². The van der Waals surface area contributed by atoms with Crippen LogP contribution < -0.4 is 5.32 Å². The first-order chi connectivity index (χ1) is 10.0. The minimum absolute atomic E-state index is 0.0293. The molecule has 21 heavy (non-hydrogen) atoms. The van der Waals surface area contributed by atoms with Crippen molar-refractivity contribution in [3.05, 3.63) is 34.9 Å². The van der Waals surface area contributed by atoms with Crippen molar-refractivity contribution in [2.75, 3.05) is 18.6 Å². The first-order valence-electron chi connectivity index (χ1n) is 7.67. The van der Waals surface area contributed by atoms with Gasteiger partial charge >= 0.3 is 0 Å². The summed E-state index contributed by atoms with van der Waals surface area (Å²) in [7, 11) is 0. The van der Waals surface area contributed by atoms with Crippen LogP contribution >= 0.6 is 11.8 Å². The zero-order valence-corrected chi connectivity index (χ0v) is 14.3. The molecule has 1 N–H and O–H groups in total. The summed E-state index contributed by atoms with van der Waals surface area (Å²) >= 11 is 1.87. The second kappa shape index (κ2) is 7.32. The molecule has 0 saturated carbocycles. The Kier molecular flexibility index (Phi) is 5.71. The van der Waals surface area contributed by atoms with E-state index in [2.05, 4.69) is 43.6 Å². The number of hydrogen-bond acceptors (Lipinski definition) is 3. The molecular formula is C17H26N2OS. The van der Waals surface area contributed by atoms with Gasteiger partial charge in [-0.1, -0.05) is 23.8 Å². The van der Waals surface area contributed by atoms with Crippen molar-refractivity contribution in [2.45, 2.75) is 45.8 Å². The number of carbonyl (C=O) groups is 1. The van der Waals surface area contributed by atoms with Crippen molar-refractivity contribution in [3.63, 3.8) is 0 Å². The zero-order chi connectivity index (χ0) is 15.4. The van der Waals surface area contributed by atoms with Gasteiger partial charge in [-0.25, -0.2) is 0 Å². The number of nitrogens with zero attached hydrogens (tertiary/aromatic N) is 1. The smallest absolute Gasteiger partial charge is 0.241 e. The summed E-state index contributed by atoms with van der Waals surface area (Å²) in [6.07, 6.45) is 4.40. The molecule has 1 saturated heterocycles. The van der Waals surface area contributed by atoms with Crippen molar-refractivity contribution in [2.24, 2.45) is 0 Å². The van der Waals surface area contributed by atoms with E-state index >= 15 is 0 Å². The third-order valence-corrected chi connectivity index (χ3v) is 4.80. The predicted molar refractivity (Wildman–Crippen MR) is 90.6 cm³/mol. The van der Waals surface area contributed by atoms with Crippen LogP contribution in [0.2, 0.25) is 0 Å². The van der Waals surface area contributed by atoms with E-state index < -0.39 is 0 Å². The largest absolute Gasteiger partial charge is 0.322 e. The van der Waals surface area contributed by atoms with Gasteiger partial charge in [-0.2, -0.15) is 11.8 Å². The maximum absolute atomic E-state index is 12.4. The number of rotatable bonds is 6. The predicted octanol–water partition coefficient (Wildman–Crippen LogP) is 3.27. The Morgan fingerprint density at radius 2 is 2.05 bits per heavy atom. The minimum Gasteiger partial charge on any atom is -0.322 e. The van der Waals surface area contributed by atoms with Crippen LogP contribution in [0, 0.1) is 13.8 Å². The molecule has 4 heteroatoms. The lowest BCUT2D eigenvalue weighted by atomic mass is 10.0. The molecule has 2 atom stereocenters. The summed E-state index contributed by atoms with van der Waals surface area (Å²) in [5.74, 6) is 1.39. The fourth-order valence-electron chi connectivity index (χ4n) is 2.85. The van der Waals surface area contributed by atoms with E-state index in [4.69, 9.17) is 0 Å². The highest BCUT2D eigenvalue weighted by molar-refractivity contribution is 7.98. The van der Waals surface area contributed by atoms with E-state index in [0.29, 0.717) is 0 Å². The van der Waals surface area contributed by atoms with E-state index in [0.717, 1.165) is 13.0 Å². The number of amides is 1. The first-order valence-corrected chi connectivity index (χ1v) is 9.06. The topological polar surface area (TPSA) is 32.3 Å². The molecule has 2 unspecified atom stereocenters. The molecule has 1 amide bonds. The Balaban J connectivity index is 2.15. The summed E-state index contributed by atoms with van der Waals surface area (Å²) in [4.78, 5) is 14.4. The van der Waals surface area contributed by atoms with Gasteiger partial charge in [0, 0.05) is 6.54 Å². The van der Waals surface area contributed by atoms with Crippen LogP contribution in [0.3, 0.4) is 0 Å². The molecule has 1 heterocycles. The molecule has 1 aromatic carbocycles. The number of thioether (sulfide) groups is 1. The third-order valence-electron chi connectivity index (χ3n) is 4.10. The summed E-state index contributed by atoms with van der Waals surface area (Å²) < 4.78 is 0. The lowest BCUT2D eigenvalue weighted by Crippen LogP contribution is -2.32. The first kappa shape index (κ1) is 16.4. The summed E-state index contributed by atoms with van der Waals surface area (Å²) in [5, 5.41) is 3.45. The highest BCUT2D eigenvalue weighted by Gasteiger charge is 2.37. The van der Waals surface area contributed by atoms with Crippen LogP contribution in [0.25, 0.3) is 0 Å². The number of benzene rings is 1. The molecule has 0 aliphatic carbocycles. The van der Waals surface area contributed by atoms with Crippen molar-refractivity contribution in [1.29, 1.82) is 0 Å². The summed E-state index contributed by atoms with van der Waals surface area (Å²) in [6, 6.07) is 6.39. The van der Waals surface area contributed by atoms with Crippen molar-refractivity contribution < 1.29 is 4.79 Å².